The van der Waals surface area contributed by atoms with Gasteiger partial charge in [0.2, 0.25) is 0 Å². The van der Waals surface area contributed by atoms with Crippen molar-refractivity contribution in [3.63, 3.8) is 0 Å². The van der Waals surface area contributed by atoms with Gasteiger partial charge in [0.05, 0.1) is 12.1 Å². The summed E-state index contributed by atoms with van der Waals surface area (Å²) in [6.45, 7) is 3.92. The first-order valence-corrected chi connectivity index (χ1v) is 10.3. The highest BCUT2D eigenvalue weighted by Crippen LogP contribution is 2.33. The van der Waals surface area contributed by atoms with E-state index in [2.05, 4.69) is 42.6 Å². The Morgan fingerprint density at radius 3 is 2.45 bits per heavy atom. The Balaban J connectivity index is 1.62. The number of hydrogen-bond acceptors (Lipinski definition) is 3. The minimum Gasteiger partial charge on any atom is -0.496 e. The van der Waals surface area contributed by atoms with Crippen LogP contribution in [0.1, 0.15) is 22.3 Å². The second-order valence-electron chi connectivity index (χ2n) is 6.89. The van der Waals surface area contributed by atoms with Crippen LogP contribution < -0.4 is 14.8 Å². The average molecular weight is 430 g/mol. The van der Waals surface area contributed by atoms with E-state index in [-0.39, 0.29) is 0 Å². The summed E-state index contributed by atoms with van der Waals surface area (Å²) in [5.41, 5.74) is 4.42. The van der Waals surface area contributed by atoms with Crippen molar-refractivity contribution in [1.82, 2.24) is 5.32 Å². The Labute approximate surface area is 182 Å². The van der Waals surface area contributed by atoms with Crippen LogP contribution in [0, 0.1) is 6.92 Å². The third-order valence-electron chi connectivity index (χ3n) is 4.67. The summed E-state index contributed by atoms with van der Waals surface area (Å²) < 4.78 is 11.5. The van der Waals surface area contributed by atoms with Crippen LogP contribution in [0.2, 0.25) is 10.0 Å². The summed E-state index contributed by atoms with van der Waals surface area (Å²) in [5.74, 6) is 1.57. The number of para-hydroxylation sites is 1. The zero-order valence-corrected chi connectivity index (χ0v) is 18.2. The van der Waals surface area contributed by atoms with Crippen molar-refractivity contribution in [2.75, 3.05) is 13.7 Å². The van der Waals surface area contributed by atoms with Crippen molar-refractivity contribution in [1.29, 1.82) is 0 Å². The Morgan fingerprint density at radius 1 is 0.931 bits per heavy atom. The molecule has 0 amide bonds. The molecular formula is C24H25Cl2NO2. The van der Waals surface area contributed by atoms with E-state index in [0.717, 1.165) is 29.8 Å². The number of methoxy groups -OCH3 is 1. The molecule has 5 heteroatoms. The molecular weight excluding hydrogens is 405 g/mol. The number of halogens is 2. The van der Waals surface area contributed by atoms with Gasteiger partial charge >= 0.3 is 0 Å². The number of rotatable bonds is 9. The SMILES string of the molecule is COc1ccccc1CCNCc1cc(Cl)cc(Cl)c1OCc1ccc(C)cc1. The Bertz CT molecular complexity index is 942. The first kappa shape index (κ1) is 21.5. The summed E-state index contributed by atoms with van der Waals surface area (Å²) in [4.78, 5) is 0. The van der Waals surface area contributed by atoms with Gasteiger partial charge < -0.3 is 14.8 Å². The largest absolute Gasteiger partial charge is 0.496 e. The monoisotopic (exact) mass is 429 g/mol. The lowest BCUT2D eigenvalue weighted by Gasteiger charge is -2.15. The molecule has 0 atom stereocenters. The second kappa shape index (κ2) is 10.5. The van der Waals surface area contributed by atoms with E-state index in [4.69, 9.17) is 32.7 Å². The molecule has 0 radical (unpaired) electrons. The van der Waals surface area contributed by atoms with Crippen molar-refractivity contribution in [3.05, 3.63) is 93.0 Å². The molecule has 0 spiro atoms. The Hall–Kier alpha value is -2.20. The van der Waals surface area contributed by atoms with Gasteiger partial charge in [0.25, 0.3) is 0 Å². The molecule has 0 heterocycles. The molecule has 29 heavy (non-hydrogen) atoms. The first-order valence-electron chi connectivity index (χ1n) is 9.55. The normalized spacial score (nSPS) is 10.8. The fourth-order valence-electron chi connectivity index (χ4n) is 3.10. The lowest BCUT2D eigenvalue weighted by atomic mass is 10.1. The molecule has 3 nitrogen and oxygen atoms in total. The van der Waals surface area contributed by atoms with Crippen LogP contribution in [0.15, 0.2) is 60.7 Å². The maximum absolute atomic E-state index is 6.42. The fourth-order valence-corrected chi connectivity index (χ4v) is 3.69. The number of nitrogens with one attached hydrogen (secondary N) is 1. The van der Waals surface area contributed by atoms with E-state index in [1.54, 1.807) is 13.2 Å². The van der Waals surface area contributed by atoms with Crippen LogP contribution in [0.3, 0.4) is 0 Å². The number of hydrogen-bond donors (Lipinski definition) is 1. The zero-order valence-electron chi connectivity index (χ0n) is 16.7. The van der Waals surface area contributed by atoms with Crippen LogP contribution in [0.5, 0.6) is 11.5 Å². The predicted molar refractivity (Wildman–Crippen MR) is 120 cm³/mol. The van der Waals surface area contributed by atoms with Crippen molar-refractivity contribution in [2.24, 2.45) is 0 Å². The molecule has 0 aliphatic heterocycles. The topological polar surface area (TPSA) is 30.5 Å². The molecule has 152 valence electrons. The van der Waals surface area contributed by atoms with E-state index in [1.807, 2.05) is 24.3 Å². The number of aryl methyl sites for hydroxylation is 1. The fraction of sp³-hybridized carbons (Fsp3) is 0.250. The highest BCUT2D eigenvalue weighted by atomic mass is 35.5. The van der Waals surface area contributed by atoms with Gasteiger partial charge in [-0.2, -0.15) is 0 Å². The summed E-state index contributed by atoms with van der Waals surface area (Å²) in [6, 6.07) is 19.9. The van der Waals surface area contributed by atoms with E-state index < -0.39 is 0 Å². The molecule has 3 aromatic carbocycles. The Kier molecular flexibility index (Phi) is 7.82. The van der Waals surface area contributed by atoms with Gasteiger partial charge in [0, 0.05) is 17.1 Å². The highest BCUT2D eigenvalue weighted by Gasteiger charge is 2.11. The summed E-state index contributed by atoms with van der Waals surface area (Å²) in [5, 5.41) is 4.57. The molecule has 0 aliphatic carbocycles. The van der Waals surface area contributed by atoms with Gasteiger partial charge in [-0.15, -0.1) is 0 Å². The highest BCUT2D eigenvalue weighted by molar-refractivity contribution is 6.35. The lowest BCUT2D eigenvalue weighted by molar-refractivity contribution is 0.302. The van der Waals surface area contributed by atoms with Gasteiger partial charge in [-0.05, 0) is 49.2 Å². The summed E-state index contributed by atoms with van der Waals surface area (Å²) >= 11 is 12.6. The van der Waals surface area contributed by atoms with Crippen molar-refractivity contribution in [3.8, 4) is 11.5 Å². The molecule has 0 saturated carbocycles. The molecule has 0 aliphatic rings. The molecule has 3 rings (SSSR count). The third kappa shape index (κ3) is 6.14. The molecule has 0 fully saturated rings. The van der Waals surface area contributed by atoms with Crippen molar-refractivity contribution < 1.29 is 9.47 Å². The zero-order chi connectivity index (χ0) is 20.6. The van der Waals surface area contributed by atoms with Crippen molar-refractivity contribution in [2.45, 2.75) is 26.5 Å². The molecule has 0 unspecified atom stereocenters. The van der Waals surface area contributed by atoms with Gasteiger partial charge in [0.1, 0.15) is 18.1 Å². The quantitative estimate of drug-likeness (QED) is 0.409. The minimum absolute atomic E-state index is 0.454. The number of benzene rings is 3. The van der Waals surface area contributed by atoms with Crippen LogP contribution in [-0.2, 0) is 19.6 Å². The third-order valence-corrected chi connectivity index (χ3v) is 5.17. The van der Waals surface area contributed by atoms with Crippen LogP contribution in [0.25, 0.3) is 0 Å². The molecule has 0 saturated heterocycles. The van der Waals surface area contributed by atoms with Gasteiger partial charge in [-0.1, -0.05) is 71.2 Å². The molecule has 0 bridgehead atoms. The Morgan fingerprint density at radius 2 is 1.69 bits per heavy atom. The second-order valence-corrected chi connectivity index (χ2v) is 7.73. The smallest absolute Gasteiger partial charge is 0.142 e. The minimum atomic E-state index is 0.454. The van der Waals surface area contributed by atoms with Crippen molar-refractivity contribution >= 4 is 23.2 Å². The van der Waals surface area contributed by atoms with E-state index in [9.17, 15) is 0 Å². The van der Waals surface area contributed by atoms with Crippen LogP contribution >= 0.6 is 23.2 Å². The standard InChI is InChI=1S/C24H25Cl2NO2/c1-17-7-9-18(10-8-17)16-29-24-20(13-21(25)14-22(24)26)15-27-12-11-19-5-3-4-6-23(19)28-2/h3-10,13-14,27H,11-12,15-16H2,1-2H3. The lowest BCUT2D eigenvalue weighted by Crippen LogP contribution is -2.17. The maximum Gasteiger partial charge on any atom is 0.142 e. The van der Waals surface area contributed by atoms with Crippen LogP contribution in [-0.4, -0.2) is 13.7 Å². The summed E-state index contributed by atoms with van der Waals surface area (Å²) in [7, 11) is 1.69. The molecule has 1 N–H and O–H groups in total. The van der Waals surface area contributed by atoms with E-state index in [1.165, 1.54) is 11.1 Å². The van der Waals surface area contributed by atoms with Gasteiger partial charge in [-0.25, -0.2) is 0 Å². The predicted octanol–water partition coefficient (Wildman–Crippen LogP) is 6.22. The average Bonchev–Trinajstić information content (AvgIpc) is 2.72. The van der Waals surface area contributed by atoms with Crippen LogP contribution in [0.4, 0.5) is 0 Å². The van der Waals surface area contributed by atoms with E-state index >= 15 is 0 Å². The van der Waals surface area contributed by atoms with E-state index in [0.29, 0.717) is 28.9 Å². The summed E-state index contributed by atoms with van der Waals surface area (Å²) in [6.07, 6.45) is 0.859. The molecule has 0 aromatic heterocycles. The first-order chi connectivity index (χ1) is 14.1. The number of ether oxygens (including phenoxy) is 2. The molecule has 3 aromatic rings. The van der Waals surface area contributed by atoms with Gasteiger partial charge in [-0.3, -0.25) is 0 Å². The maximum atomic E-state index is 6.42. The van der Waals surface area contributed by atoms with Gasteiger partial charge in [0.15, 0.2) is 0 Å².